The molecule has 0 bridgehead atoms. The van der Waals surface area contributed by atoms with E-state index in [2.05, 4.69) is 16.6 Å². The number of carbonyl (C=O) groups is 1. The lowest BCUT2D eigenvalue weighted by Gasteiger charge is -2.14. The van der Waals surface area contributed by atoms with Gasteiger partial charge in [-0.05, 0) is 73.7 Å². The van der Waals surface area contributed by atoms with Crippen LogP contribution in [0.1, 0.15) is 17.3 Å². The van der Waals surface area contributed by atoms with Crippen molar-refractivity contribution in [2.24, 2.45) is 0 Å². The number of amides is 1. The van der Waals surface area contributed by atoms with Crippen LogP contribution in [0.5, 0.6) is 17.2 Å². The summed E-state index contributed by atoms with van der Waals surface area (Å²) in [5, 5.41) is 2.71. The van der Waals surface area contributed by atoms with E-state index in [4.69, 9.17) is 14.2 Å². The maximum absolute atomic E-state index is 13.1. The molecule has 178 valence electrons. The van der Waals surface area contributed by atoms with Gasteiger partial charge in [0.05, 0.1) is 13.7 Å². The molecule has 34 heavy (non-hydrogen) atoms. The zero-order valence-electron chi connectivity index (χ0n) is 18.9. The first-order valence-corrected chi connectivity index (χ1v) is 11.9. The third kappa shape index (κ3) is 6.29. The number of hydrogen-bond donors (Lipinski definition) is 2. The molecule has 0 aliphatic heterocycles. The smallest absolute Gasteiger partial charge is 0.265 e. The van der Waals surface area contributed by atoms with Crippen molar-refractivity contribution in [3.05, 3.63) is 84.9 Å². The van der Waals surface area contributed by atoms with Gasteiger partial charge >= 0.3 is 0 Å². The number of rotatable bonds is 11. The van der Waals surface area contributed by atoms with E-state index in [9.17, 15) is 13.2 Å². The van der Waals surface area contributed by atoms with Gasteiger partial charge in [-0.25, -0.2) is 8.42 Å². The largest absolute Gasteiger partial charge is 0.495 e. The summed E-state index contributed by atoms with van der Waals surface area (Å²) in [7, 11) is -2.64. The van der Waals surface area contributed by atoms with Gasteiger partial charge in [-0.15, -0.1) is 0 Å². The van der Waals surface area contributed by atoms with Crippen molar-refractivity contribution >= 4 is 27.3 Å². The molecule has 3 rings (SSSR count). The average molecular weight is 483 g/mol. The molecule has 0 saturated heterocycles. The molecular formula is C25H26N2O6S. The molecule has 0 aliphatic carbocycles. The van der Waals surface area contributed by atoms with Gasteiger partial charge < -0.3 is 19.5 Å². The van der Waals surface area contributed by atoms with Crippen LogP contribution in [0.25, 0.3) is 0 Å². The summed E-state index contributed by atoms with van der Waals surface area (Å²) in [6.07, 6.45) is 1.63. The van der Waals surface area contributed by atoms with E-state index < -0.39 is 15.9 Å². The maximum Gasteiger partial charge on any atom is 0.265 e. The lowest BCUT2D eigenvalue weighted by atomic mass is 10.2. The highest BCUT2D eigenvalue weighted by Crippen LogP contribution is 2.29. The first kappa shape index (κ1) is 24.7. The van der Waals surface area contributed by atoms with Gasteiger partial charge in [0.25, 0.3) is 15.9 Å². The van der Waals surface area contributed by atoms with Crippen LogP contribution in [0.2, 0.25) is 0 Å². The van der Waals surface area contributed by atoms with Crippen molar-refractivity contribution in [1.82, 2.24) is 0 Å². The highest BCUT2D eigenvalue weighted by Gasteiger charge is 2.21. The molecule has 0 atom stereocenters. The minimum Gasteiger partial charge on any atom is -0.495 e. The van der Waals surface area contributed by atoms with Crippen LogP contribution >= 0.6 is 0 Å². The number of carbonyl (C=O) groups excluding carboxylic acids is 1. The second-order valence-electron chi connectivity index (χ2n) is 7.01. The molecule has 9 heteroatoms. The monoisotopic (exact) mass is 482 g/mol. The molecule has 2 N–H and O–H groups in total. The highest BCUT2D eigenvalue weighted by atomic mass is 32.2. The first-order chi connectivity index (χ1) is 16.4. The van der Waals surface area contributed by atoms with Crippen molar-refractivity contribution in [3.63, 3.8) is 0 Å². The van der Waals surface area contributed by atoms with Crippen molar-refractivity contribution in [2.45, 2.75) is 11.8 Å². The Kier molecular flexibility index (Phi) is 8.15. The summed E-state index contributed by atoms with van der Waals surface area (Å²) >= 11 is 0. The van der Waals surface area contributed by atoms with Gasteiger partial charge in [-0.1, -0.05) is 12.7 Å². The zero-order valence-corrected chi connectivity index (χ0v) is 19.7. The summed E-state index contributed by atoms with van der Waals surface area (Å²) < 4.78 is 44.7. The fourth-order valence-electron chi connectivity index (χ4n) is 3.02. The molecule has 0 heterocycles. The molecule has 0 unspecified atom stereocenters. The average Bonchev–Trinajstić information content (AvgIpc) is 2.84. The van der Waals surface area contributed by atoms with Crippen LogP contribution in [-0.2, 0) is 10.0 Å². The molecule has 8 nitrogen and oxygen atoms in total. The second-order valence-corrected chi connectivity index (χ2v) is 8.66. The molecule has 0 saturated carbocycles. The molecule has 0 radical (unpaired) electrons. The number of benzene rings is 3. The Morgan fingerprint density at radius 3 is 2.18 bits per heavy atom. The van der Waals surface area contributed by atoms with Crippen molar-refractivity contribution in [3.8, 4) is 17.2 Å². The van der Waals surface area contributed by atoms with Gasteiger partial charge in [-0.2, -0.15) is 0 Å². The van der Waals surface area contributed by atoms with Crippen molar-refractivity contribution in [2.75, 3.05) is 30.4 Å². The molecule has 1 amide bonds. The quantitative estimate of drug-likeness (QED) is 0.384. The van der Waals surface area contributed by atoms with Gasteiger partial charge in [0.15, 0.2) is 0 Å². The minimum atomic E-state index is -4.01. The molecule has 0 fully saturated rings. The zero-order chi connectivity index (χ0) is 24.6. The number of nitrogens with one attached hydrogen (secondary N) is 2. The van der Waals surface area contributed by atoms with Crippen LogP contribution < -0.4 is 24.2 Å². The van der Waals surface area contributed by atoms with E-state index in [1.165, 1.54) is 19.2 Å². The predicted octanol–water partition coefficient (Wildman–Crippen LogP) is 4.71. The Hall–Kier alpha value is -3.98. The lowest BCUT2D eigenvalue weighted by molar-refractivity contribution is 0.102. The Balaban J connectivity index is 1.79. The molecule has 3 aromatic carbocycles. The Labute approximate surface area is 199 Å². The Morgan fingerprint density at radius 1 is 0.941 bits per heavy atom. The second kappa shape index (κ2) is 11.2. The van der Waals surface area contributed by atoms with Crippen LogP contribution in [-0.4, -0.2) is 34.6 Å². The summed E-state index contributed by atoms with van der Waals surface area (Å²) in [6.45, 7) is 6.32. The fraction of sp³-hybridized carbons (Fsp3) is 0.160. The molecular weight excluding hydrogens is 456 g/mol. The SMILES string of the molecule is C=CCOc1ccc(C(=O)Nc2ccc(OC)c(S(=O)(=O)Nc3ccc(OCC)cc3)c2)cc1. The van der Waals surface area contributed by atoms with E-state index in [0.717, 1.165) is 0 Å². The summed E-state index contributed by atoms with van der Waals surface area (Å²) in [5.74, 6) is 0.978. The maximum atomic E-state index is 13.1. The van der Waals surface area contributed by atoms with E-state index in [0.29, 0.717) is 41.7 Å². The normalized spacial score (nSPS) is 10.8. The molecule has 0 aromatic heterocycles. The molecule has 0 aliphatic rings. The Bertz CT molecular complexity index is 1240. The lowest BCUT2D eigenvalue weighted by Crippen LogP contribution is -2.16. The summed E-state index contributed by atoms with van der Waals surface area (Å²) in [4.78, 5) is 12.5. The van der Waals surface area contributed by atoms with Crippen molar-refractivity contribution < 1.29 is 27.4 Å². The number of anilines is 2. The van der Waals surface area contributed by atoms with Gasteiger partial charge in [0.1, 0.15) is 28.8 Å². The van der Waals surface area contributed by atoms with Gasteiger partial charge in [0.2, 0.25) is 0 Å². The van der Waals surface area contributed by atoms with Crippen LogP contribution in [0.15, 0.2) is 84.3 Å². The van der Waals surface area contributed by atoms with E-state index in [-0.39, 0.29) is 10.6 Å². The van der Waals surface area contributed by atoms with Crippen LogP contribution in [0.4, 0.5) is 11.4 Å². The fourth-order valence-corrected chi connectivity index (χ4v) is 4.28. The van der Waals surface area contributed by atoms with E-state index in [1.54, 1.807) is 60.7 Å². The third-order valence-corrected chi connectivity index (χ3v) is 6.02. The summed E-state index contributed by atoms with van der Waals surface area (Å²) in [5.41, 5.74) is 1.04. The van der Waals surface area contributed by atoms with Crippen LogP contribution in [0.3, 0.4) is 0 Å². The standard InChI is InChI=1S/C25H26N2O6S/c1-4-16-33-22-11-6-18(7-12-22)25(28)26-20-10-15-23(31-3)24(17-20)34(29,30)27-19-8-13-21(14-9-19)32-5-2/h4,6-15,17,27H,1,5,16H2,2-3H3,(H,26,28). The number of sulfonamides is 1. The number of ether oxygens (including phenoxy) is 3. The number of methoxy groups -OCH3 is 1. The first-order valence-electron chi connectivity index (χ1n) is 10.4. The van der Waals surface area contributed by atoms with E-state index >= 15 is 0 Å². The van der Waals surface area contributed by atoms with Crippen molar-refractivity contribution in [1.29, 1.82) is 0 Å². The van der Waals surface area contributed by atoms with Crippen LogP contribution in [0, 0.1) is 0 Å². The topological polar surface area (TPSA) is 103 Å². The van der Waals surface area contributed by atoms with E-state index in [1.807, 2.05) is 6.92 Å². The van der Waals surface area contributed by atoms with Gasteiger partial charge in [-0.3, -0.25) is 9.52 Å². The minimum absolute atomic E-state index is 0.116. The summed E-state index contributed by atoms with van der Waals surface area (Å²) in [6, 6.07) is 17.5. The van der Waals surface area contributed by atoms with Gasteiger partial charge in [0, 0.05) is 16.9 Å². The molecule has 0 spiro atoms. The highest BCUT2D eigenvalue weighted by molar-refractivity contribution is 7.92. The third-order valence-electron chi connectivity index (χ3n) is 4.61. The molecule has 3 aromatic rings. The Morgan fingerprint density at radius 2 is 1.56 bits per heavy atom. The predicted molar refractivity (Wildman–Crippen MR) is 132 cm³/mol. The number of hydrogen-bond acceptors (Lipinski definition) is 6.